The van der Waals surface area contributed by atoms with E-state index in [1.54, 1.807) is 0 Å². The lowest BCUT2D eigenvalue weighted by atomic mass is 10.1. The van der Waals surface area contributed by atoms with Crippen LogP contribution in [-0.4, -0.2) is 26.5 Å². The second kappa shape index (κ2) is 5.58. The summed E-state index contributed by atoms with van der Waals surface area (Å²) in [5.41, 5.74) is 5.45. The van der Waals surface area contributed by atoms with Crippen LogP contribution in [0.5, 0.6) is 0 Å². The van der Waals surface area contributed by atoms with Gasteiger partial charge in [-0.1, -0.05) is 0 Å². The summed E-state index contributed by atoms with van der Waals surface area (Å²) < 4.78 is 27.3. The minimum absolute atomic E-state index is 0.0628. The molecule has 0 heterocycles. The first kappa shape index (κ1) is 13.4. The molecule has 4 nitrogen and oxygen atoms in total. The lowest BCUT2D eigenvalue weighted by molar-refractivity contribution is -0.119. The largest absolute Gasteiger partial charge is 0.361 e. The summed E-state index contributed by atoms with van der Waals surface area (Å²) in [6.07, 6.45) is 0. The summed E-state index contributed by atoms with van der Waals surface area (Å²) in [6, 6.07) is 2.33. The van der Waals surface area contributed by atoms with Gasteiger partial charge in [0.05, 0.1) is 6.54 Å². The number of nitrogens with one attached hydrogen (secondary N) is 1. The standard InChI is InChI=1S/C11H15F2N3O/c1-15-10(17)6-16(2)11-8(12)3-7(5-14)4-9(11)13/h3-4H,5-6,14H2,1-2H3,(H,15,17). The fourth-order valence-electron chi connectivity index (χ4n) is 1.47. The van der Waals surface area contributed by atoms with E-state index in [0.717, 1.165) is 0 Å². The molecule has 1 rings (SSSR count). The number of nitrogens with zero attached hydrogens (tertiary/aromatic N) is 1. The van der Waals surface area contributed by atoms with Crippen molar-refractivity contribution in [1.29, 1.82) is 0 Å². The second-order valence-corrected chi connectivity index (χ2v) is 3.64. The summed E-state index contributed by atoms with van der Waals surface area (Å²) in [5.74, 6) is -1.78. The molecule has 0 atom stereocenters. The van der Waals surface area contributed by atoms with Crippen LogP contribution < -0.4 is 16.0 Å². The topological polar surface area (TPSA) is 58.4 Å². The zero-order chi connectivity index (χ0) is 13.0. The van der Waals surface area contributed by atoms with Crippen LogP contribution in [-0.2, 0) is 11.3 Å². The van der Waals surface area contributed by atoms with Crippen molar-refractivity contribution in [3.05, 3.63) is 29.3 Å². The van der Waals surface area contributed by atoms with Gasteiger partial charge in [0.1, 0.15) is 17.3 Å². The highest BCUT2D eigenvalue weighted by Crippen LogP contribution is 2.23. The van der Waals surface area contributed by atoms with Crippen LogP contribution in [0.4, 0.5) is 14.5 Å². The number of rotatable bonds is 4. The molecule has 1 aromatic rings. The lowest BCUT2D eigenvalue weighted by Crippen LogP contribution is -2.34. The van der Waals surface area contributed by atoms with Crippen LogP contribution >= 0.6 is 0 Å². The molecule has 0 radical (unpaired) electrons. The van der Waals surface area contributed by atoms with Crippen LogP contribution in [0.25, 0.3) is 0 Å². The van der Waals surface area contributed by atoms with Crippen molar-refractivity contribution < 1.29 is 13.6 Å². The van der Waals surface area contributed by atoms with E-state index in [1.807, 2.05) is 0 Å². The van der Waals surface area contributed by atoms with Gasteiger partial charge in [-0.05, 0) is 17.7 Å². The molecule has 0 spiro atoms. The number of carbonyl (C=O) groups excluding carboxylic acids is 1. The number of likely N-dealkylation sites (N-methyl/N-ethyl adjacent to an activating group) is 2. The van der Waals surface area contributed by atoms with Gasteiger partial charge in [-0.25, -0.2) is 8.78 Å². The monoisotopic (exact) mass is 243 g/mol. The Morgan fingerprint density at radius 2 is 1.94 bits per heavy atom. The molecule has 0 bridgehead atoms. The molecular weight excluding hydrogens is 228 g/mol. The van der Waals surface area contributed by atoms with Crippen LogP contribution in [0.1, 0.15) is 5.56 Å². The minimum Gasteiger partial charge on any atom is -0.361 e. The Bertz CT molecular complexity index is 400. The van der Waals surface area contributed by atoms with Crippen molar-refractivity contribution in [2.24, 2.45) is 5.73 Å². The smallest absolute Gasteiger partial charge is 0.239 e. The maximum absolute atomic E-state index is 13.6. The van der Waals surface area contributed by atoms with Crippen molar-refractivity contribution in [3.8, 4) is 0 Å². The predicted octanol–water partition coefficient (Wildman–Crippen LogP) is 0.606. The van der Waals surface area contributed by atoms with Gasteiger partial charge in [0.15, 0.2) is 0 Å². The van der Waals surface area contributed by atoms with Crippen LogP contribution in [0, 0.1) is 11.6 Å². The van der Waals surface area contributed by atoms with E-state index < -0.39 is 11.6 Å². The summed E-state index contributed by atoms with van der Waals surface area (Å²) >= 11 is 0. The molecule has 0 aromatic heterocycles. The van der Waals surface area contributed by atoms with Crippen LogP contribution in [0.15, 0.2) is 12.1 Å². The number of nitrogens with two attached hydrogens (primary N) is 1. The van der Waals surface area contributed by atoms with Gasteiger partial charge in [0.25, 0.3) is 0 Å². The van der Waals surface area contributed by atoms with E-state index in [1.165, 1.54) is 31.1 Å². The van der Waals surface area contributed by atoms with E-state index in [2.05, 4.69) is 5.32 Å². The predicted molar refractivity (Wildman–Crippen MR) is 61.6 cm³/mol. The van der Waals surface area contributed by atoms with Crippen LogP contribution in [0.3, 0.4) is 0 Å². The average Bonchev–Trinajstić information content (AvgIpc) is 2.27. The van der Waals surface area contributed by atoms with Gasteiger partial charge in [-0.2, -0.15) is 0 Å². The first-order valence-electron chi connectivity index (χ1n) is 5.09. The summed E-state index contributed by atoms with van der Waals surface area (Å²) in [5, 5.41) is 2.38. The summed E-state index contributed by atoms with van der Waals surface area (Å²) in [7, 11) is 2.90. The van der Waals surface area contributed by atoms with Gasteiger partial charge >= 0.3 is 0 Å². The molecule has 0 fully saturated rings. The number of benzene rings is 1. The molecule has 17 heavy (non-hydrogen) atoms. The summed E-state index contributed by atoms with van der Waals surface area (Å²) in [4.78, 5) is 12.3. The van der Waals surface area contributed by atoms with Crippen molar-refractivity contribution >= 4 is 11.6 Å². The Morgan fingerprint density at radius 3 is 2.35 bits per heavy atom. The molecule has 0 saturated heterocycles. The Labute approximate surface area is 98.4 Å². The Morgan fingerprint density at radius 1 is 1.41 bits per heavy atom. The van der Waals surface area contributed by atoms with Crippen molar-refractivity contribution in [3.63, 3.8) is 0 Å². The fraction of sp³-hybridized carbons (Fsp3) is 0.364. The second-order valence-electron chi connectivity index (χ2n) is 3.64. The third-order valence-electron chi connectivity index (χ3n) is 2.35. The number of hydrogen-bond donors (Lipinski definition) is 2. The van der Waals surface area contributed by atoms with E-state index in [-0.39, 0.29) is 24.7 Å². The summed E-state index contributed by atoms with van der Waals surface area (Å²) in [6.45, 7) is -0.0560. The molecular formula is C11H15F2N3O. The SMILES string of the molecule is CNC(=O)CN(C)c1c(F)cc(CN)cc1F. The molecule has 0 saturated carbocycles. The molecule has 3 N–H and O–H groups in total. The van der Waals surface area contributed by atoms with E-state index in [4.69, 9.17) is 5.73 Å². The highest BCUT2D eigenvalue weighted by Gasteiger charge is 2.16. The number of anilines is 1. The highest BCUT2D eigenvalue weighted by atomic mass is 19.1. The molecule has 1 amide bonds. The van der Waals surface area contributed by atoms with Gasteiger partial charge < -0.3 is 16.0 Å². The number of hydrogen-bond acceptors (Lipinski definition) is 3. The number of carbonyl (C=O) groups is 1. The molecule has 0 aliphatic heterocycles. The molecule has 94 valence electrons. The van der Waals surface area contributed by atoms with Crippen molar-refractivity contribution in [2.45, 2.75) is 6.54 Å². The molecule has 6 heteroatoms. The normalized spacial score (nSPS) is 10.2. The van der Waals surface area contributed by atoms with Crippen LogP contribution in [0.2, 0.25) is 0 Å². The third kappa shape index (κ3) is 3.13. The first-order chi connectivity index (χ1) is 7.99. The highest BCUT2D eigenvalue weighted by molar-refractivity contribution is 5.81. The fourth-order valence-corrected chi connectivity index (χ4v) is 1.47. The number of amides is 1. The van der Waals surface area contributed by atoms with Crippen molar-refractivity contribution in [1.82, 2.24) is 5.32 Å². The van der Waals surface area contributed by atoms with Gasteiger partial charge in [-0.15, -0.1) is 0 Å². The maximum Gasteiger partial charge on any atom is 0.239 e. The van der Waals surface area contributed by atoms with Gasteiger partial charge in [0.2, 0.25) is 5.91 Å². The first-order valence-corrected chi connectivity index (χ1v) is 5.09. The lowest BCUT2D eigenvalue weighted by Gasteiger charge is -2.20. The molecule has 0 aliphatic rings. The zero-order valence-corrected chi connectivity index (χ0v) is 9.76. The molecule has 0 unspecified atom stereocenters. The number of halogens is 2. The maximum atomic E-state index is 13.6. The Balaban J connectivity index is 3.01. The van der Waals surface area contributed by atoms with E-state index in [9.17, 15) is 13.6 Å². The Hall–Kier alpha value is -1.69. The van der Waals surface area contributed by atoms with Gasteiger partial charge in [-0.3, -0.25) is 4.79 Å². The van der Waals surface area contributed by atoms with E-state index >= 15 is 0 Å². The van der Waals surface area contributed by atoms with Crippen molar-refractivity contribution in [2.75, 3.05) is 25.5 Å². The van der Waals surface area contributed by atoms with E-state index in [0.29, 0.717) is 5.56 Å². The molecule has 1 aromatic carbocycles. The molecule has 0 aliphatic carbocycles. The van der Waals surface area contributed by atoms with Gasteiger partial charge in [0, 0.05) is 20.6 Å². The quantitative estimate of drug-likeness (QED) is 0.814. The minimum atomic E-state index is -0.725. The third-order valence-corrected chi connectivity index (χ3v) is 2.35. The zero-order valence-electron chi connectivity index (χ0n) is 9.76. The Kier molecular flexibility index (Phi) is 4.39. The average molecular weight is 243 g/mol.